The fraction of sp³-hybridized carbons (Fsp3) is 0.267. The predicted octanol–water partition coefficient (Wildman–Crippen LogP) is 2.39. The molecule has 0 aliphatic rings. The summed E-state index contributed by atoms with van der Waals surface area (Å²) in [5, 5.41) is 0. The van der Waals surface area contributed by atoms with E-state index >= 15 is 0 Å². The van der Waals surface area contributed by atoms with Crippen molar-refractivity contribution in [2.24, 2.45) is 0 Å². The van der Waals surface area contributed by atoms with E-state index < -0.39 is 0 Å². The molecule has 0 bridgehead atoms. The minimum atomic E-state index is -0.330. The topological polar surface area (TPSA) is 26.3 Å². The van der Waals surface area contributed by atoms with E-state index in [1.165, 1.54) is 11.6 Å². The third kappa shape index (κ3) is 10.9. The maximum absolute atomic E-state index is 10.3. The second kappa shape index (κ2) is 13.5. The third-order valence-electron chi connectivity index (χ3n) is 1.94. The van der Waals surface area contributed by atoms with Crippen molar-refractivity contribution in [3.8, 4) is 0 Å². The summed E-state index contributed by atoms with van der Waals surface area (Å²) >= 11 is 0. The Labute approximate surface area is 114 Å². The van der Waals surface area contributed by atoms with Crippen molar-refractivity contribution in [2.75, 3.05) is 6.61 Å². The van der Waals surface area contributed by atoms with Crippen LogP contribution in [0.3, 0.4) is 0 Å². The zero-order valence-corrected chi connectivity index (χ0v) is 10.4. The lowest BCUT2D eigenvalue weighted by Crippen LogP contribution is -2.00. The summed E-state index contributed by atoms with van der Waals surface area (Å²) in [6, 6.07) is 10.0. The highest BCUT2D eigenvalue weighted by molar-refractivity contribution is 5.81. The van der Waals surface area contributed by atoms with E-state index in [-0.39, 0.29) is 16.9 Å². The van der Waals surface area contributed by atoms with Gasteiger partial charge in [0, 0.05) is 6.08 Å². The highest BCUT2D eigenvalue weighted by Crippen LogP contribution is 1.97. The third-order valence-corrected chi connectivity index (χ3v) is 1.94. The molecular formula is C15H24O2Si. The van der Waals surface area contributed by atoms with Gasteiger partial charge in [0.1, 0.15) is 0 Å². The van der Waals surface area contributed by atoms with Gasteiger partial charge < -0.3 is 4.74 Å². The Hall–Kier alpha value is -1.61. The molecule has 0 saturated carbocycles. The number of carbonyl (C=O) groups excluding carboxylic acids is 1. The molecule has 18 heavy (non-hydrogen) atoms. The van der Waals surface area contributed by atoms with Gasteiger partial charge in [-0.2, -0.15) is 0 Å². The Kier molecular flexibility index (Phi) is 14.0. The molecule has 0 N–H and O–H groups in total. The fourth-order valence-corrected chi connectivity index (χ4v) is 0.965. The van der Waals surface area contributed by atoms with Crippen molar-refractivity contribution in [2.45, 2.75) is 19.8 Å². The molecule has 1 aromatic carbocycles. The van der Waals surface area contributed by atoms with Crippen LogP contribution in [0.25, 0.3) is 6.08 Å². The number of rotatable bonds is 5. The summed E-state index contributed by atoms with van der Waals surface area (Å²) in [4.78, 5) is 10.3. The van der Waals surface area contributed by atoms with E-state index in [0.717, 1.165) is 12.8 Å². The lowest BCUT2D eigenvalue weighted by Gasteiger charge is -1.97. The van der Waals surface area contributed by atoms with Crippen LogP contribution in [-0.4, -0.2) is 23.5 Å². The molecule has 2 nitrogen and oxygen atoms in total. The Morgan fingerprint density at radius 3 is 2.28 bits per heavy atom. The Morgan fingerprint density at radius 1 is 1.28 bits per heavy atom. The number of unbranched alkanes of at least 4 members (excludes halogenated alkanes) is 1. The second-order valence-electron chi connectivity index (χ2n) is 3.34. The van der Waals surface area contributed by atoms with Gasteiger partial charge in [-0.1, -0.05) is 62.9 Å². The summed E-state index contributed by atoms with van der Waals surface area (Å²) in [6.07, 6.45) is 4.99. The predicted molar refractivity (Wildman–Crippen MR) is 83.9 cm³/mol. The molecule has 1 aromatic rings. The monoisotopic (exact) mass is 264 g/mol. The standard InChI is InChI=1S/C8H8.C7H12O2.H4Si/c1-2-8-6-4-3-5-7-8;1-3-5-6-9-7(8)4-2;/h2-7H,1H2;4H,2-3,5-6H2,1H3;1H4. The average molecular weight is 264 g/mol. The van der Waals surface area contributed by atoms with Crippen LogP contribution in [0.4, 0.5) is 0 Å². The molecule has 3 heteroatoms. The number of esters is 1. The van der Waals surface area contributed by atoms with Gasteiger partial charge in [0.15, 0.2) is 0 Å². The Morgan fingerprint density at radius 2 is 1.89 bits per heavy atom. The maximum Gasteiger partial charge on any atom is 0.330 e. The van der Waals surface area contributed by atoms with Crippen LogP contribution in [-0.2, 0) is 9.53 Å². The van der Waals surface area contributed by atoms with Crippen molar-refractivity contribution in [1.82, 2.24) is 0 Å². The van der Waals surface area contributed by atoms with Crippen LogP contribution in [0.1, 0.15) is 25.3 Å². The normalized spacial score (nSPS) is 8.06. The molecule has 0 aliphatic heterocycles. The first-order chi connectivity index (χ1) is 8.24. The second-order valence-corrected chi connectivity index (χ2v) is 3.34. The first-order valence-corrected chi connectivity index (χ1v) is 5.71. The number of hydrogen-bond donors (Lipinski definition) is 0. The molecule has 0 unspecified atom stereocenters. The molecule has 0 aliphatic carbocycles. The van der Waals surface area contributed by atoms with E-state index in [2.05, 4.69) is 17.9 Å². The average Bonchev–Trinajstić information content (AvgIpc) is 2.40. The smallest absolute Gasteiger partial charge is 0.330 e. The van der Waals surface area contributed by atoms with E-state index in [0.29, 0.717) is 6.61 Å². The minimum Gasteiger partial charge on any atom is -0.463 e. The lowest BCUT2D eigenvalue weighted by atomic mass is 10.2. The zero-order chi connectivity index (χ0) is 12.9. The quantitative estimate of drug-likeness (QED) is 0.353. The highest BCUT2D eigenvalue weighted by atomic mass is 28.1. The maximum atomic E-state index is 10.3. The van der Waals surface area contributed by atoms with Gasteiger partial charge in [0.25, 0.3) is 0 Å². The molecular weight excluding hydrogens is 240 g/mol. The summed E-state index contributed by atoms with van der Waals surface area (Å²) in [6.45, 7) is 9.45. The number of benzene rings is 1. The number of hydrogen-bond acceptors (Lipinski definition) is 2. The molecule has 100 valence electrons. The van der Waals surface area contributed by atoms with E-state index in [1.54, 1.807) is 0 Å². The van der Waals surface area contributed by atoms with Gasteiger partial charge in [-0.25, -0.2) is 4.79 Å². The summed E-state index contributed by atoms with van der Waals surface area (Å²) in [5.41, 5.74) is 1.17. The van der Waals surface area contributed by atoms with Gasteiger partial charge >= 0.3 is 5.97 Å². The van der Waals surface area contributed by atoms with Crippen molar-refractivity contribution in [1.29, 1.82) is 0 Å². The van der Waals surface area contributed by atoms with Crippen molar-refractivity contribution >= 4 is 23.0 Å². The Bertz CT molecular complexity index is 334. The van der Waals surface area contributed by atoms with Crippen LogP contribution in [0.5, 0.6) is 0 Å². The van der Waals surface area contributed by atoms with E-state index in [9.17, 15) is 4.79 Å². The molecule has 0 heterocycles. The van der Waals surface area contributed by atoms with Crippen LogP contribution < -0.4 is 0 Å². The van der Waals surface area contributed by atoms with Gasteiger partial charge in [-0.05, 0) is 22.9 Å². The van der Waals surface area contributed by atoms with Gasteiger partial charge in [-0.3, -0.25) is 0 Å². The van der Waals surface area contributed by atoms with Crippen molar-refractivity contribution in [3.05, 3.63) is 55.1 Å². The zero-order valence-electron chi connectivity index (χ0n) is 10.4. The number of ether oxygens (including phenoxy) is 1. The van der Waals surface area contributed by atoms with Crippen LogP contribution >= 0.6 is 0 Å². The van der Waals surface area contributed by atoms with E-state index in [4.69, 9.17) is 0 Å². The number of carbonyl (C=O) groups is 1. The Balaban J connectivity index is 0. The van der Waals surface area contributed by atoms with Gasteiger partial charge in [-0.15, -0.1) is 0 Å². The molecule has 0 spiro atoms. The minimum absolute atomic E-state index is 0. The van der Waals surface area contributed by atoms with E-state index in [1.807, 2.05) is 43.3 Å². The SMILES string of the molecule is C=CC(=O)OCCCC.C=Cc1ccccc1.[SiH4]. The molecule has 0 saturated heterocycles. The molecule has 0 aromatic heterocycles. The lowest BCUT2D eigenvalue weighted by molar-refractivity contribution is -0.137. The molecule has 0 radical (unpaired) electrons. The van der Waals surface area contributed by atoms with Crippen LogP contribution in [0.15, 0.2) is 49.6 Å². The molecule has 0 amide bonds. The fourth-order valence-electron chi connectivity index (χ4n) is 0.965. The first kappa shape index (κ1) is 18.7. The van der Waals surface area contributed by atoms with Crippen LogP contribution in [0, 0.1) is 0 Å². The highest BCUT2D eigenvalue weighted by Gasteiger charge is 1.91. The van der Waals surface area contributed by atoms with Crippen molar-refractivity contribution in [3.63, 3.8) is 0 Å². The summed E-state index contributed by atoms with van der Waals surface area (Å²) in [5.74, 6) is -0.330. The molecule has 0 fully saturated rings. The largest absolute Gasteiger partial charge is 0.463 e. The molecule has 1 rings (SSSR count). The van der Waals surface area contributed by atoms with Gasteiger partial charge in [0.05, 0.1) is 6.61 Å². The summed E-state index contributed by atoms with van der Waals surface area (Å²) in [7, 11) is 0. The van der Waals surface area contributed by atoms with Crippen molar-refractivity contribution < 1.29 is 9.53 Å². The first-order valence-electron chi connectivity index (χ1n) is 5.71. The molecule has 0 atom stereocenters. The summed E-state index contributed by atoms with van der Waals surface area (Å²) < 4.78 is 4.67. The van der Waals surface area contributed by atoms with Crippen LogP contribution in [0.2, 0.25) is 0 Å². The van der Waals surface area contributed by atoms with Gasteiger partial charge in [0.2, 0.25) is 0 Å².